The second kappa shape index (κ2) is 6.17. The molecule has 2 atom stereocenters. The van der Waals surface area contributed by atoms with Gasteiger partial charge in [0.2, 0.25) is 0 Å². The van der Waals surface area contributed by atoms with Crippen LogP contribution in [0, 0.1) is 17.3 Å². The van der Waals surface area contributed by atoms with E-state index >= 15 is 0 Å². The van der Waals surface area contributed by atoms with Crippen LogP contribution in [0.25, 0.3) is 0 Å². The number of Topliss-reactive ketones (excluding diaryl/α,β-unsaturated/α-hetero) is 1. The van der Waals surface area contributed by atoms with Crippen molar-refractivity contribution in [1.29, 1.82) is 0 Å². The Morgan fingerprint density at radius 3 is 2.50 bits per heavy atom. The lowest BCUT2D eigenvalue weighted by atomic mass is 9.72. The fourth-order valence-electron chi connectivity index (χ4n) is 3.62. The highest BCUT2D eigenvalue weighted by atomic mass is 16.5. The Labute approximate surface area is 124 Å². The Morgan fingerprint density at radius 2 is 1.90 bits per heavy atom. The van der Waals surface area contributed by atoms with Crippen molar-refractivity contribution in [2.24, 2.45) is 17.3 Å². The summed E-state index contributed by atoms with van der Waals surface area (Å²) in [7, 11) is 0. The molecule has 2 aliphatic rings. The molecule has 2 unspecified atom stereocenters. The van der Waals surface area contributed by atoms with Gasteiger partial charge in [0.1, 0.15) is 5.78 Å². The topological polar surface area (TPSA) is 26.3 Å². The van der Waals surface area contributed by atoms with Crippen LogP contribution < -0.4 is 0 Å². The van der Waals surface area contributed by atoms with Crippen molar-refractivity contribution in [2.45, 2.75) is 84.7 Å². The van der Waals surface area contributed by atoms with Crippen LogP contribution in [0.3, 0.4) is 0 Å². The van der Waals surface area contributed by atoms with Gasteiger partial charge in [0.05, 0.1) is 5.60 Å². The molecule has 2 rings (SSSR count). The zero-order valence-electron chi connectivity index (χ0n) is 13.8. The number of hydrogen-bond donors (Lipinski definition) is 0. The number of rotatable bonds is 3. The monoisotopic (exact) mass is 280 g/mol. The van der Waals surface area contributed by atoms with E-state index in [1.807, 2.05) is 0 Å². The smallest absolute Gasteiger partial charge is 0.136 e. The highest BCUT2D eigenvalue weighted by Crippen LogP contribution is 2.41. The fourth-order valence-corrected chi connectivity index (χ4v) is 3.62. The molecule has 1 saturated heterocycles. The van der Waals surface area contributed by atoms with Gasteiger partial charge in [-0.3, -0.25) is 4.79 Å². The summed E-state index contributed by atoms with van der Waals surface area (Å²) in [4.78, 5) is 12.6. The molecule has 0 N–H and O–H groups in total. The molecule has 0 amide bonds. The van der Waals surface area contributed by atoms with Crippen LogP contribution in [0.15, 0.2) is 0 Å². The van der Waals surface area contributed by atoms with Gasteiger partial charge in [0.15, 0.2) is 0 Å². The predicted molar refractivity (Wildman–Crippen MR) is 82.7 cm³/mol. The number of ketones is 1. The van der Waals surface area contributed by atoms with Gasteiger partial charge < -0.3 is 4.74 Å². The van der Waals surface area contributed by atoms with E-state index in [4.69, 9.17) is 4.74 Å². The molecule has 0 aromatic heterocycles. The minimum atomic E-state index is 0.0573. The van der Waals surface area contributed by atoms with Crippen LogP contribution in [0.5, 0.6) is 0 Å². The summed E-state index contributed by atoms with van der Waals surface area (Å²) in [5.41, 5.74) is 0.283. The second-order valence-corrected chi connectivity index (χ2v) is 8.22. The average Bonchev–Trinajstić information content (AvgIpc) is 2.38. The molecule has 1 aliphatic heterocycles. The van der Waals surface area contributed by atoms with E-state index in [0.717, 1.165) is 25.9 Å². The third kappa shape index (κ3) is 3.84. The SMILES string of the molecule is CC(CC(=O)C1CCOC2(CCCCC2)C1)C(C)(C)C. The summed E-state index contributed by atoms with van der Waals surface area (Å²) in [5, 5.41) is 0. The summed E-state index contributed by atoms with van der Waals surface area (Å²) in [6.45, 7) is 9.71. The maximum Gasteiger partial charge on any atom is 0.136 e. The van der Waals surface area contributed by atoms with Crippen molar-refractivity contribution in [1.82, 2.24) is 0 Å². The predicted octanol–water partition coefficient (Wildman–Crippen LogP) is 4.76. The van der Waals surface area contributed by atoms with E-state index in [1.54, 1.807) is 0 Å². The largest absolute Gasteiger partial charge is 0.375 e. The summed E-state index contributed by atoms with van der Waals surface area (Å²) < 4.78 is 6.11. The zero-order chi connectivity index (χ0) is 14.8. The summed E-state index contributed by atoms with van der Waals surface area (Å²) in [5.74, 6) is 1.20. The van der Waals surface area contributed by atoms with Gasteiger partial charge in [-0.1, -0.05) is 47.0 Å². The summed E-state index contributed by atoms with van der Waals surface area (Å²) >= 11 is 0. The van der Waals surface area contributed by atoms with Crippen molar-refractivity contribution in [2.75, 3.05) is 6.61 Å². The quantitative estimate of drug-likeness (QED) is 0.745. The first-order chi connectivity index (χ1) is 9.32. The van der Waals surface area contributed by atoms with E-state index in [-0.39, 0.29) is 16.9 Å². The van der Waals surface area contributed by atoms with Crippen molar-refractivity contribution in [3.63, 3.8) is 0 Å². The van der Waals surface area contributed by atoms with E-state index in [9.17, 15) is 4.79 Å². The first-order valence-electron chi connectivity index (χ1n) is 8.49. The van der Waals surface area contributed by atoms with Crippen LogP contribution in [-0.2, 0) is 9.53 Å². The molecule has 1 heterocycles. The van der Waals surface area contributed by atoms with Crippen LogP contribution in [-0.4, -0.2) is 18.0 Å². The Bertz CT molecular complexity index is 328. The lowest BCUT2D eigenvalue weighted by molar-refractivity contribution is -0.144. The molecule has 0 aromatic carbocycles. The maximum absolute atomic E-state index is 12.6. The van der Waals surface area contributed by atoms with Gasteiger partial charge in [-0.05, 0) is 37.0 Å². The maximum atomic E-state index is 12.6. The normalized spacial score (nSPS) is 28.3. The molecule has 116 valence electrons. The van der Waals surface area contributed by atoms with Crippen LogP contribution in [0.2, 0.25) is 0 Å². The minimum Gasteiger partial charge on any atom is -0.375 e. The molecular formula is C18H32O2. The Hall–Kier alpha value is -0.370. The zero-order valence-corrected chi connectivity index (χ0v) is 13.8. The molecule has 2 nitrogen and oxygen atoms in total. The molecule has 2 heteroatoms. The Morgan fingerprint density at radius 1 is 1.25 bits per heavy atom. The first kappa shape index (κ1) is 16.0. The van der Waals surface area contributed by atoms with E-state index in [0.29, 0.717) is 11.7 Å². The van der Waals surface area contributed by atoms with Gasteiger partial charge in [-0.25, -0.2) is 0 Å². The molecule has 0 aromatic rings. The number of hydrogen-bond acceptors (Lipinski definition) is 2. The van der Waals surface area contributed by atoms with Crippen molar-refractivity contribution < 1.29 is 9.53 Å². The van der Waals surface area contributed by atoms with Crippen LogP contribution >= 0.6 is 0 Å². The molecular weight excluding hydrogens is 248 g/mol. The van der Waals surface area contributed by atoms with Gasteiger partial charge in [-0.15, -0.1) is 0 Å². The average molecular weight is 280 g/mol. The lowest BCUT2D eigenvalue weighted by Gasteiger charge is -2.43. The van der Waals surface area contributed by atoms with E-state index in [2.05, 4.69) is 27.7 Å². The van der Waals surface area contributed by atoms with E-state index < -0.39 is 0 Å². The highest BCUT2D eigenvalue weighted by Gasteiger charge is 2.41. The molecule has 0 radical (unpaired) electrons. The van der Waals surface area contributed by atoms with Gasteiger partial charge >= 0.3 is 0 Å². The molecule has 1 spiro atoms. The van der Waals surface area contributed by atoms with Crippen molar-refractivity contribution in [3.05, 3.63) is 0 Å². The highest BCUT2D eigenvalue weighted by molar-refractivity contribution is 5.81. The third-order valence-electron chi connectivity index (χ3n) is 5.70. The molecule has 0 bridgehead atoms. The van der Waals surface area contributed by atoms with Gasteiger partial charge in [-0.2, -0.15) is 0 Å². The summed E-state index contributed by atoms with van der Waals surface area (Å²) in [6.07, 6.45) is 8.91. The number of carbonyl (C=O) groups excluding carboxylic acids is 1. The number of carbonyl (C=O) groups is 1. The van der Waals surface area contributed by atoms with Crippen LogP contribution in [0.1, 0.15) is 79.1 Å². The van der Waals surface area contributed by atoms with Crippen molar-refractivity contribution in [3.8, 4) is 0 Å². The molecule has 1 saturated carbocycles. The second-order valence-electron chi connectivity index (χ2n) is 8.22. The van der Waals surface area contributed by atoms with Gasteiger partial charge in [0, 0.05) is 18.9 Å². The van der Waals surface area contributed by atoms with Crippen LogP contribution in [0.4, 0.5) is 0 Å². The molecule has 2 fully saturated rings. The van der Waals surface area contributed by atoms with Gasteiger partial charge in [0.25, 0.3) is 0 Å². The minimum absolute atomic E-state index is 0.0573. The third-order valence-corrected chi connectivity index (χ3v) is 5.70. The standard InChI is InChI=1S/C18H32O2/c1-14(17(2,3)4)12-16(19)15-8-11-20-18(13-15)9-6-5-7-10-18/h14-15H,5-13H2,1-4H3. The van der Waals surface area contributed by atoms with E-state index in [1.165, 1.54) is 32.1 Å². The first-order valence-corrected chi connectivity index (χ1v) is 8.49. The molecule has 1 aliphatic carbocycles. The Kier molecular flexibility index (Phi) is 4.94. The summed E-state index contributed by atoms with van der Waals surface area (Å²) in [6, 6.07) is 0. The lowest BCUT2D eigenvalue weighted by Crippen LogP contribution is -2.43. The molecule has 20 heavy (non-hydrogen) atoms. The Balaban J connectivity index is 1.93. The van der Waals surface area contributed by atoms with Crippen molar-refractivity contribution >= 4 is 5.78 Å². The number of ether oxygens (including phenoxy) is 1. The fraction of sp³-hybridized carbons (Fsp3) is 0.944.